The minimum atomic E-state index is 0.00130. The van der Waals surface area contributed by atoms with E-state index in [1.54, 1.807) is 13.4 Å². The van der Waals surface area contributed by atoms with Crippen LogP contribution < -0.4 is 9.64 Å². The van der Waals surface area contributed by atoms with Gasteiger partial charge in [-0.25, -0.2) is 9.97 Å². The fourth-order valence-corrected chi connectivity index (χ4v) is 3.87. The van der Waals surface area contributed by atoms with Crippen LogP contribution in [-0.2, 0) is 16.0 Å². The van der Waals surface area contributed by atoms with Crippen molar-refractivity contribution in [2.75, 3.05) is 38.3 Å². The molecular formula is C22H26N4O3. The monoisotopic (exact) mass is 394 g/mol. The Bertz CT molecular complexity index is 939. The van der Waals surface area contributed by atoms with Crippen molar-refractivity contribution in [3.63, 3.8) is 0 Å². The predicted octanol–water partition coefficient (Wildman–Crippen LogP) is 2.61. The van der Waals surface area contributed by atoms with E-state index in [0.717, 1.165) is 54.5 Å². The molecule has 2 aromatic rings. The molecular weight excluding hydrogens is 368 g/mol. The molecule has 3 aliphatic rings. The molecule has 1 aliphatic carbocycles. The molecule has 0 unspecified atom stereocenters. The van der Waals surface area contributed by atoms with E-state index in [2.05, 4.69) is 40.0 Å². The van der Waals surface area contributed by atoms with Crippen molar-refractivity contribution in [2.24, 2.45) is 4.99 Å². The molecule has 0 bridgehead atoms. The molecule has 1 saturated carbocycles. The fourth-order valence-electron chi connectivity index (χ4n) is 3.87. The van der Waals surface area contributed by atoms with Crippen molar-refractivity contribution in [3.05, 3.63) is 47.4 Å². The van der Waals surface area contributed by atoms with Crippen LogP contribution >= 0.6 is 0 Å². The largest absolute Gasteiger partial charge is 0.488 e. The van der Waals surface area contributed by atoms with Crippen LogP contribution in [0.3, 0.4) is 0 Å². The first-order valence-electron chi connectivity index (χ1n) is 10.2. The third kappa shape index (κ3) is 3.84. The Balaban J connectivity index is 1.39. The van der Waals surface area contributed by atoms with Crippen molar-refractivity contribution in [1.29, 1.82) is 0 Å². The van der Waals surface area contributed by atoms with Gasteiger partial charge in [-0.15, -0.1) is 0 Å². The summed E-state index contributed by atoms with van der Waals surface area (Å²) in [7, 11) is 1.70. The second kappa shape index (κ2) is 7.39. The van der Waals surface area contributed by atoms with Gasteiger partial charge in [0.25, 0.3) is 0 Å². The third-order valence-electron chi connectivity index (χ3n) is 5.77. The lowest BCUT2D eigenvalue weighted by molar-refractivity contribution is -0.0102. The molecule has 0 radical (unpaired) electrons. The fraction of sp³-hybridized carbons (Fsp3) is 0.500. The number of anilines is 1. The molecule has 5 rings (SSSR count). The number of aromatic nitrogens is 2. The topological polar surface area (TPSA) is 69.1 Å². The number of rotatable bonds is 6. The Labute approximate surface area is 170 Å². The molecule has 1 saturated heterocycles. The molecule has 2 aliphatic heterocycles. The first-order valence-corrected chi connectivity index (χ1v) is 10.2. The predicted molar refractivity (Wildman–Crippen MR) is 110 cm³/mol. The van der Waals surface area contributed by atoms with Crippen LogP contribution in [0.15, 0.2) is 35.6 Å². The number of morpholine rings is 1. The van der Waals surface area contributed by atoms with Crippen molar-refractivity contribution in [3.8, 4) is 5.75 Å². The Morgan fingerprint density at radius 1 is 1.24 bits per heavy atom. The van der Waals surface area contributed by atoms with Crippen LogP contribution in [0.2, 0.25) is 0 Å². The molecule has 0 N–H and O–H groups in total. The summed E-state index contributed by atoms with van der Waals surface area (Å²) >= 11 is 0. The van der Waals surface area contributed by atoms with E-state index < -0.39 is 0 Å². The number of hydrogen-bond donors (Lipinski definition) is 0. The highest BCUT2D eigenvalue weighted by atomic mass is 16.5. The highest BCUT2D eigenvalue weighted by Gasteiger charge is 2.40. The maximum absolute atomic E-state index is 6.15. The number of benzene rings is 1. The molecule has 2 fully saturated rings. The van der Waals surface area contributed by atoms with Gasteiger partial charge in [0.1, 0.15) is 23.5 Å². The molecule has 152 valence electrons. The van der Waals surface area contributed by atoms with Gasteiger partial charge < -0.3 is 19.1 Å². The van der Waals surface area contributed by atoms with Crippen LogP contribution in [-0.4, -0.2) is 60.8 Å². The van der Waals surface area contributed by atoms with Gasteiger partial charge in [-0.05, 0) is 37.5 Å². The van der Waals surface area contributed by atoms with Gasteiger partial charge in [0, 0.05) is 31.8 Å². The summed E-state index contributed by atoms with van der Waals surface area (Å²) in [6.07, 6.45) is 3.91. The standard InChI is InChI=1S/C22H26N4O3/c1-22(5-6-22)29-16-4-3-15-11-23-21(18(15)9-16)19-10-20(25-14-24-19)26-7-8-28-17(12-26)13-27-2/h3-4,9-10,14,17H,5-8,11-13H2,1-2H3/t17-/m1/s1. The van der Waals surface area contributed by atoms with Gasteiger partial charge in [-0.1, -0.05) is 6.07 Å². The minimum absolute atomic E-state index is 0.00130. The van der Waals surface area contributed by atoms with Gasteiger partial charge in [0.05, 0.1) is 37.3 Å². The van der Waals surface area contributed by atoms with E-state index in [0.29, 0.717) is 19.8 Å². The average Bonchev–Trinajstić information content (AvgIpc) is 3.31. The second-order valence-corrected chi connectivity index (χ2v) is 8.19. The normalized spacial score (nSPS) is 22.2. The molecule has 1 atom stereocenters. The number of fused-ring (bicyclic) bond motifs is 1. The molecule has 1 aromatic heterocycles. The van der Waals surface area contributed by atoms with Gasteiger partial charge in [0.2, 0.25) is 0 Å². The van der Waals surface area contributed by atoms with Gasteiger partial charge >= 0.3 is 0 Å². The summed E-state index contributed by atoms with van der Waals surface area (Å²) in [6.45, 7) is 5.63. The first-order chi connectivity index (χ1) is 14.1. The molecule has 0 amide bonds. The molecule has 7 nitrogen and oxygen atoms in total. The van der Waals surface area contributed by atoms with Crippen molar-refractivity contribution in [2.45, 2.75) is 38.0 Å². The summed E-state index contributed by atoms with van der Waals surface area (Å²) in [5, 5.41) is 0. The first kappa shape index (κ1) is 18.5. The average molecular weight is 394 g/mol. The maximum Gasteiger partial charge on any atom is 0.132 e. The number of methoxy groups -OCH3 is 1. The van der Waals surface area contributed by atoms with E-state index in [4.69, 9.17) is 19.2 Å². The highest BCUT2D eigenvalue weighted by molar-refractivity contribution is 6.14. The SMILES string of the molecule is COC[C@H]1CN(c2cc(C3=NCc4ccc(OC5(C)CC5)cc43)ncn2)CCO1. The van der Waals surface area contributed by atoms with Gasteiger partial charge in [-0.3, -0.25) is 4.99 Å². The van der Waals surface area contributed by atoms with Crippen LogP contribution in [0, 0.1) is 0 Å². The Kier molecular flexibility index (Phi) is 4.72. The molecule has 29 heavy (non-hydrogen) atoms. The zero-order valence-corrected chi connectivity index (χ0v) is 16.9. The maximum atomic E-state index is 6.15. The van der Waals surface area contributed by atoms with Crippen LogP contribution in [0.4, 0.5) is 5.82 Å². The lowest BCUT2D eigenvalue weighted by Crippen LogP contribution is -2.44. The second-order valence-electron chi connectivity index (χ2n) is 8.19. The summed E-state index contributed by atoms with van der Waals surface area (Å²) in [5.41, 5.74) is 4.08. The molecule has 1 aromatic carbocycles. The van der Waals surface area contributed by atoms with E-state index in [1.807, 2.05) is 6.07 Å². The summed E-state index contributed by atoms with van der Waals surface area (Å²) in [5.74, 6) is 1.80. The number of aliphatic imine (C=N–C) groups is 1. The van der Waals surface area contributed by atoms with Crippen LogP contribution in [0.25, 0.3) is 0 Å². The van der Waals surface area contributed by atoms with Crippen LogP contribution in [0.5, 0.6) is 5.75 Å². The quantitative estimate of drug-likeness (QED) is 0.750. The van der Waals surface area contributed by atoms with E-state index in [1.165, 1.54) is 5.56 Å². The lowest BCUT2D eigenvalue weighted by atomic mass is 10.0. The summed E-state index contributed by atoms with van der Waals surface area (Å²) in [6, 6.07) is 8.30. The Hall–Kier alpha value is -2.51. The van der Waals surface area contributed by atoms with Gasteiger partial charge in [-0.2, -0.15) is 0 Å². The number of ether oxygens (including phenoxy) is 3. The van der Waals surface area contributed by atoms with E-state index in [-0.39, 0.29) is 11.7 Å². The molecule has 7 heteroatoms. The van der Waals surface area contributed by atoms with Crippen molar-refractivity contribution < 1.29 is 14.2 Å². The summed E-state index contributed by atoms with van der Waals surface area (Å²) in [4.78, 5) is 16.0. The lowest BCUT2D eigenvalue weighted by Gasteiger charge is -2.33. The Morgan fingerprint density at radius 2 is 2.14 bits per heavy atom. The summed E-state index contributed by atoms with van der Waals surface area (Å²) < 4.78 is 17.2. The highest BCUT2D eigenvalue weighted by Crippen LogP contribution is 2.40. The number of nitrogens with zero attached hydrogens (tertiary/aromatic N) is 4. The van der Waals surface area contributed by atoms with Crippen molar-refractivity contribution in [1.82, 2.24) is 9.97 Å². The molecule has 3 heterocycles. The van der Waals surface area contributed by atoms with Crippen molar-refractivity contribution >= 4 is 11.5 Å². The van der Waals surface area contributed by atoms with E-state index in [9.17, 15) is 0 Å². The third-order valence-corrected chi connectivity index (χ3v) is 5.77. The zero-order chi connectivity index (χ0) is 19.8. The van der Waals surface area contributed by atoms with Gasteiger partial charge in [0.15, 0.2) is 0 Å². The Morgan fingerprint density at radius 3 is 2.97 bits per heavy atom. The van der Waals surface area contributed by atoms with E-state index >= 15 is 0 Å². The number of hydrogen-bond acceptors (Lipinski definition) is 7. The smallest absolute Gasteiger partial charge is 0.132 e. The minimum Gasteiger partial charge on any atom is -0.488 e. The zero-order valence-electron chi connectivity index (χ0n) is 16.9. The molecule has 0 spiro atoms. The van der Waals surface area contributed by atoms with Crippen LogP contribution in [0.1, 0.15) is 36.6 Å².